The van der Waals surface area contributed by atoms with E-state index in [4.69, 9.17) is 4.74 Å². The van der Waals surface area contributed by atoms with Gasteiger partial charge in [0.2, 0.25) is 0 Å². The molecule has 5 nitrogen and oxygen atoms in total. The summed E-state index contributed by atoms with van der Waals surface area (Å²) >= 11 is 0. The van der Waals surface area contributed by atoms with E-state index >= 15 is 0 Å². The number of ether oxygens (including phenoxy) is 1. The summed E-state index contributed by atoms with van der Waals surface area (Å²) in [7, 11) is 3.84. The second-order valence-electron chi connectivity index (χ2n) is 4.90. The third kappa shape index (κ3) is 5.62. The summed E-state index contributed by atoms with van der Waals surface area (Å²) in [6.45, 7) is 8.92. The summed E-state index contributed by atoms with van der Waals surface area (Å²) in [5, 5.41) is 7.75. The van der Waals surface area contributed by atoms with Crippen LogP contribution in [0.5, 0.6) is 0 Å². The lowest BCUT2D eigenvalue weighted by molar-refractivity contribution is 0.161. The fourth-order valence-corrected chi connectivity index (χ4v) is 1.61. The highest BCUT2D eigenvalue weighted by atomic mass is 16.5. The smallest absolute Gasteiger partial charge is 0.0589 e. The average Bonchev–Trinajstić information content (AvgIpc) is 2.81. The first-order valence-electron chi connectivity index (χ1n) is 6.54. The quantitative estimate of drug-likeness (QED) is 0.671. The maximum atomic E-state index is 5.04. The van der Waals surface area contributed by atoms with Gasteiger partial charge in [0.05, 0.1) is 12.8 Å². The SMILES string of the molecule is COCCN(C)CCNCc1cnn(C(C)C)c1. The van der Waals surface area contributed by atoms with Crippen molar-refractivity contribution >= 4 is 0 Å². The van der Waals surface area contributed by atoms with Gasteiger partial charge in [-0.2, -0.15) is 5.10 Å². The predicted molar refractivity (Wildman–Crippen MR) is 73.7 cm³/mol. The number of nitrogens with zero attached hydrogens (tertiary/aromatic N) is 3. The maximum Gasteiger partial charge on any atom is 0.0589 e. The third-order valence-electron chi connectivity index (χ3n) is 2.86. The number of hydrogen-bond donors (Lipinski definition) is 1. The molecule has 5 heteroatoms. The van der Waals surface area contributed by atoms with Crippen molar-refractivity contribution in [3.63, 3.8) is 0 Å². The van der Waals surface area contributed by atoms with Gasteiger partial charge in [0.15, 0.2) is 0 Å². The Morgan fingerprint density at radius 3 is 2.83 bits per heavy atom. The Morgan fingerprint density at radius 2 is 2.22 bits per heavy atom. The Kier molecular flexibility index (Phi) is 6.93. The van der Waals surface area contributed by atoms with E-state index in [2.05, 4.69) is 42.4 Å². The number of likely N-dealkylation sites (N-methyl/N-ethyl adjacent to an activating group) is 1. The molecule has 0 aliphatic heterocycles. The van der Waals surface area contributed by atoms with Crippen molar-refractivity contribution in [3.05, 3.63) is 18.0 Å². The zero-order valence-electron chi connectivity index (χ0n) is 12.0. The number of aromatic nitrogens is 2. The summed E-state index contributed by atoms with van der Waals surface area (Å²) in [6, 6.07) is 0.430. The van der Waals surface area contributed by atoms with Gasteiger partial charge in [0, 0.05) is 51.1 Å². The zero-order chi connectivity index (χ0) is 13.4. The van der Waals surface area contributed by atoms with Crippen LogP contribution in [0.15, 0.2) is 12.4 Å². The second kappa shape index (κ2) is 8.24. The maximum absolute atomic E-state index is 5.04. The highest BCUT2D eigenvalue weighted by Crippen LogP contribution is 2.04. The van der Waals surface area contributed by atoms with Crippen LogP contribution in [0.25, 0.3) is 0 Å². The zero-order valence-corrected chi connectivity index (χ0v) is 12.0. The van der Waals surface area contributed by atoms with Gasteiger partial charge in [-0.25, -0.2) is 0 Å². The normalized spacial score (nSPS) is 11.7. The van der Waals surface area contributed by atoms with Crippen LogP contribution >= 0.6 is 0 Å². The van der Waals surface area contributed by atoms with Crippen LogP contribution in [-0.2, 0) is 11.3 Å². The second-order valence-corrected chi connectivity index (χ2v) is 4.90. The van der Waals surface area contributed by atoms with Crippen molar-refractivity contribution in [3.8, 4) is 0 Å². The molecule has 0 aliphatic rings. The molecule has 0 radical (unpaired) electrons. The molecule has 1 aromatic heterocycles. The molecule has 0 aliphatic carbocycles. The van der Waals surface area contributed by atoms with Crippen LogP contribution in [0.1, 0.15) is 25.5 Å². The first-order chi connectivity index (χ1) is 8.63. The van der Waals surface area contributed by atoms with E-state index in [1.165, 1.54) is 5.56 Å². The third-order valence-corrected chi connectivity index (χ3v) is 2.86. The number of methoxy groups -OCH3 is 1. The molecule has 0 fully saturated rings. The Hall–Kier alpha value is -0.910. The Labute approximate surface area is 110 Å². The topological polar surface area (TPSA) is 42.3 Å². The number of rotatable bonds is 9. The molecule has 0 aromatic carbocycles. The van der Waals surface area contributed by atoms with Crippen LogP contribution in [-0.4, -0.2) is 55.1 Å². The van der Waals surface area contributed by atoms with Crippen LogP contribution in [0.2, 0.25) is 0 Å². The molecule has 104 valence electrons. The number of nitrogens with one attached hydrogen (secondary N) is 1. The molecule has 1 N–H and O–H groups in total. The van der Waals surface area contributed by atoms with Gasteiger partial charge in [-0.15, -0.1) is 0 Å². The molecule has 18 heavy (non-hydrogen) atoms. The minimum absolute atomic E-state index is 0.430. The van der Waals surface area contributed by atoms with E-state index in [-0.39, 0.29) is 0 Å². The molecule has 1 rings (SSSR count). The van der Waals surface area contributed by atoms with Crippen LogP contribution in [0.3, 0.4) is 0 Å². The molecular weight excluding hydrogens is 228 g/mol. The lowest BCUT2D eigenvalue weighted by atomic mass is 10.3. The van der Waals surface area contributed by atoms with Gasteiger partial charge >= 0.3 is 0 Å². The Balaban J connectivity index is 2.13. The van der Waals surface area contributed by atoms with Crippen LogP contribution < -0.4 is 5.32 Å². The van der Waals surface area contributed by atoms with Crippen molar-refractivity contribution in [1.29, 1.82) is 0 Å². The lowest BCUT2D eigenvalue weighted by Crippen LogP contribution is -2.31. The predicted octanol–water partition coefficient (Wildman–Crippen LogP) is 1.13. The van der Waals surface area contributed by atoms with E-state index in [1.807, 2.05) is 10.9 Å². The largest absolute Gasteiger partial charge is 0.383 e. The fourth-order valence-electron chi connectivity index (χ4n) is 1.61. The Morgan fingerprint density at radius 1 is 1.44 bits per heavy atom. The number of hydrogen-bond acceptors (Lipinski definition) is 4. The first kappa shape index (κ1) is 15.1. The molecule has 0 saturated carbocycles. The summed E-state index contributed by atoms with van der Waals surface area (Å²) in [5.74, 6) is 0. The molecule has 0 spiro atoms. The highest BCUT2D eigenvalue weighted by molar-refractivity contribution is 5.03. The van der Waals surface area contributed by atoms with E-state index < -0.39 is 0 Å². The van der Waals surface area contributed by atoms with Gasteiger partial charge in [0.25, 0.3) is 0 Å². The van der Waals surface area contributed by atoms with Crippen LogP contribution in [0.4, 0.5) is 0 Å². The van der Waals surface area contributed by atoms with Crippen molar-refractivity contribution in [1.82, 2.24) is 20.0 Å². The standard InChI is InChI=1S/C13H26N4O/c1-12(2)17-11-13(10-15-17)9-14-5-6-16(3)7-8-18-4/h10-12,14H,5-9H2,1-4H3. The van der Waals surface area contributed by atoms with Gasteiger partial charge in [-0.05, 0) is 20.9 Å². The minimum Gasteiger partial charge on any atom is -0.383 e. The molecule has 0 unspecified atom stereocenters. The van der Waals surface area contributed by atoms with Gasteiger partial charge in [0.1, 0.15) is 0 Å². The van der Waals surface area contributed by atoms with Crippen molar-refractivity contribution in [2.45, 2.75) is 26.4 Å². The van der Waals surface area contributed by atoms with E-state index in [0.29, 0.717) is 6.04 Å². The van der Waals surface area contributed by atoms with Gasteiger partial charge < -0.3 is 15.0 Å². The lowest BCUT2D eigenvalue weighted by Gasteiger charge is -2.15. The van der Waals surface area contributed by atoms with E-state index in [0.717, 1.165) is 32.8 Å². The van der Waals surface area contributed by atoms with Crippen molar-refractivity contribution in [2.24, 2.45) is 0 Å². The molecule has 0 bridgehead atoms. The monoisotopic (exact) mass is 254 g/mol. The molecule has 0 amide bonds. The van der Waals surface area contributed by atoms with E-state index in [9.17, 15) is 0 Å². The molecule has 0 saturated heterocycles. The summed E-state index contributed by atoms with van der Waals surface area (Å²) in [5.41, 5.74) is 1.24. The summed E-state index contributed by atoms with van der Waals surface area (Å²) in [6.07, 6.45) is 4.04. The minimum atomic E-state index is 0.430. The van der Waals surface area contributed by atoms with Crippen molar-refractivity contribution in [2.75, 3.05) is 40.4 Å². The van der Waals surface area contributed by atoms with Crippen molar-refractivity contribution < 1.29 is 4.74 Å². The van der Waals surface area contributed by atoms with Gasteiger partial charge in [-0.1, -0.05) is 0 Å². The Bertz CT molecular complexity index is 325. The van der Waals surface area contributed by atoms with E-state index in [1.54, 1.807) is 7.11 Å². The molecular formula is C13H26N4O. The molecule has 1 aromatic rings. The summed E-state index contributed by atoms with van der Waals surface area (Å²) in [4.78, 5) is 2.26. The average molecular weight is 254 g/mol. The van der Waals surface area contributed by atoms with Gasteiger partial charge in [-0.3, -0.25) is 4.68 Å². The van der Waals surface area contributed by atoms with Crippen LogP contribution in [0, 0.1) is 0 Å². The fraction of sp³-hybridized carbons (Fsp3) is 0.769. The molecule has 0 atom stereocenters. The highest BCUT2D eigenvalue weighted by Gasteiger charge is 2.01. The summed E-state index contributed by atoms with van der Waals surface area (Å²) < 4.78 is 7.03. The first-order valence-corrected chi connectivity index (χ1v) is 6.54. The molecule has 1 heterocycles.